The first-order chi connectivity index (χ1) is 8.76. The van der Waals surface area contributed by atoms with Gasteiger partial charge in [-0.15, -0.1) is 0 Å². The minimum Gasteiger partial charge on any atom is -0.497 e. The van der Waals surface area contributed by atoms with Gasteiger partial charge in [-0.1, -0.05) is 11.6 Å². The molecule has 3 rings (SSSR count). The van der Waals surface area contributed by atoms with Crippen molar-refractivity contribution in [3.63, 3.8) is 0 Å². The molecule has 0 saturated heterocycles. The highest BCUT2D eigenvalue weighted by Crippen LogP contribution is 2.31. The maximum atomic E-state index is 5.89. The molecule has 0 saturated carbocycles. The lowest BCUT2D eigenvalue weighted by molar-refractivity contribution is 0.415. The van der Waals surface area contributed by atoms with Gasteiger partial charge in [0.2, 0.25) is 0 Å². The zero-order valence-electron chi connectivity index (χ0n) is 9.18. The van der Waals surface area contributed by atoms with Crippen LogP contribution in [-0.4, -0.2) is 25.8 Å². The molecule has 0 bridgehead atoms. The fraction of sp³-hybridized carbons (Fsp3) is 0.100. The van der Waals surface area contributed by atoms with Crippen molar-refractivity contribution in [3.05, 3.63) is 23.4 Å². The summed E-state index contributed by atoms with van der Waals surface area (Å²) >= 11 is 8.33. The molecule has 0 aliphatic rings. The van der Waals surface area contributed by atoms with Crippen molar-refractivity contribution in [1.29, 1.82) is 0 Å². The second-order valence-corrected chi connectivity index (χ2v) is 5.25. The number of ether oxygens (including phenoxy) is 1. The highest BCUT2D eigenvalue weighted by molar-refractivity contribution is 7.99. The zero-order valence-corrected chi connectivity index (χ0v) is 11.6. The lowest BCUT2D eigenvalue weighted by Crippen LogP contribution is -1.81. The van der Waals surface area contributed by atoms with Crippen LogP contribution in [0, 0.1) is 0 Å². The normalized spacial score (nSPS) is 11.0. The van der Waals surface area contributed by atoms with Crippen LogP contribution in [0.4, 0.5) is 0 Å². The Kier molecular flexibility index (Phi) is 3.11. The third kappa shape index (κ3) is 2.16. The SMILES string of the molecule is COc1ccc2nc(Sc3nsnc3Cl)[nH]c2c1. The Labute approximate surface area is 116 Å². The van der Waals surface area contributed by atoms with E-state index >= 15 is 0 Å². The number of nitrogens with one attached hydrogen (secondary N) is 1. The molecule has 0 aliphatic heterocycles. The molecule has 18 heavy (non-hydrogen) atoms. The molecule has 1 N–H and O–H groups in total. The van der Waals surface area contributed by atoms with Crippen molar-refractivity contribution in [3.8, 4) is 5.75 Å². The minimum atomic E-state index is 0.406. The summed E-state index contributed by atoms with van der Waals surface area (Å²) in [5, 5.41) is 1.79. The van der Waals surface area contributed by atoms with E-state index in [0.29, 0.717) is 10.2 Å². The Balaban J connectivity index is 1.96. The molecule has 2 aromatic heterocycles. The van der Waals surface area contributed by atoms with Gasteiger partial charge in [-0.2, -0.15) is 8.75 Å². The minimum absolute atomic E-state index is 0.406. The van der Waals surface area contributed by atoms with E-state index < -0.39 is 0 Å². The van der Waals surface area contributed by atoms with E-state index in [2.05, 4.69) is 18.7 Å². The first-order valence-corrected chi connectivity index (χ1v) is 6.88. The van der Waals surface area contributed by atoms with Gasteiger partial charge in [-0.3, -0.25) is 0 Å². The van der Waals surface area contributed by atoms with Crippen molar-refractivity contribution >= 4 is 46.1 Å². The fourth-order valence-corrected chi connectivity index (χ4v) is 3.05. The number of imidazole rings is 1. The van der Waals surface area contributed by atoms with Crippen LogP contribution >= 0.6 is 35.1 Å². The molecule has 5 nitrogen and oxygen atoms in total. The summed E-state index contributed by atoms with van der Waals surface area (Å²) in [5.74, 6) is 0.788. The number of hydrogen-bond acceptors (Lipinski definition) is 6. The Hall–Kier alpha value is -1.31. The van der Waals surface area contributed by atoms with Crippen LogP contribution in [-0.2, 0) is 0 Å². The maximum absolute atomic E-state index is 5.89. The molecule has 92 valence electrons. The predicted octanol–water partition coefficient (Wildman–Crippen LogP) is 3.23. The summed E-state index contributed by atoms with van der Waals surface area (Å²) in [6, 6.07) is 5.66. The molecule has 3 aromatic rings. The molecule has 0 unspecified atom stereocenters. The van der Waals surface area contributed by atoms with Gasteiger partial charge in [-0.05, 0) is 23.9 Å². The zero-order chi connectivity index (χ0) is 12.5. The second-order valence-electron chi connectivity index (χ2n) is 3.39. The van der Waals surface area contributed by atoms with Crippen molar-refractivity contribution in [2.75, 3.05) is 7.11 Å². The van der Waals surface area contributed by atoms with Crippen LogP contribution < -0.4 is 4.74 Å². The number of fused-ring (bicyclic) bond motifs is 1. The van der Waals surface area contributed by atoms with Crippen LogP contribution in [0.2, 0.25) is 5.15 Å². The molecule has 0 amide bonds. The molecule has 2 heterocycles. The van der Waals surface area contributed by atoms with Gasteiger partial charge in [0, 0.05) is 6.07 Å². The summed E-state index contributed by atoms with van der Waals surface area (Å²) in [5.41, 5.74) is 1.79. The Morgan fingerprint density at radius 2 is 2.28 bits per heavy atom. The number of benzene rings is 1. The van der Waals surface area contributed by atoms with E-state index in [4.69, 9.17) is 16.3 Å². The van der Waals surface area contributed by atoms with Crippen LogP contribution in [0.1, 0.15) is 0 Å². The molecular formula is C10H7ClN4OS2. The summed E-state index contributed by atoms with van der Waals surface area (Å²) in [4.78, 5) is 7.62. The van der Waals surface area contributed by atoms with Gasteiger partial charge >= 0.3 is 0 Å². The molecule has 1 aromatic carbocycles. The van der Waals surface area contributed by atoms with Gasteiger partial charge in [0.25, 0.3) is 0 Å². The largest absolute Gasteiger partial charge is 0.497 e. The maximum Gasteiger partial charge on any atom is 0.177 e. The van der Waals surface area contributed by atoms with Crippen LogP contribution in [0.5, 0.6) is 5.75 Å². The summed E-state index contributed by atoms with van der Waals surface area (Å²) in [6.07, 6.45) is 0. The smallest absolute Gasteiger partial charge is 0.177 e. The highest BCUT2D eigenvalue weighted by atomic mass is 35.5. The lowest BCUT2D eigenvalue weighted by atomic mass is 10.3. The third-order valence-electron chi connectivity index (χ3n) is 2.28. The molecule has 0 atom stereocenters. The molecule has 0 fully saturated rings. The first-order valence-electron chi connectivity index (χ1n) is 4.96. The molecule has 8 heteroatoms. The van der Waals surface area contributed by atoms with E-state index in [9.17, 15) is 0 Å². The number of H-pyrrole nitrogens is 1. The van der Waals surface area contributed by atoms with E-state index in [1.54, 1.807) is 7.11 Å². The Morgan fingerprint density at radius 3 is 3.00 bits per heavy atom. The van der Waals surface area contributed by atoms with Crippen LogP contribution in [0.3, 0.4) is 0 Å². The van der Waals surface area contributed by atoms with E-state index in [1.165, 1.54) is 11.8 Å². The highest BCUT2D eigenvalue weighted by Gasteiger charge is 2.11. The summed E-state index contributed by atoms with van der Waals surface area (Å²) in [6.45, 7) is 0. The van der Waals surface area contributed by atoms with Crippen molar-refractivity contribution in [2.24, 2.45) is 0 Å². The van der Waals surface area contributed by atoms with Gasteiger partial charge in [0.15, 0.2) is 15.3 Å². The van der Waals surface area contributed by atoms with Crippen LogP contribution in [0.25, 0.3) is 11.0 Å². The first kappa shape index (κ1) is 11.8. The average molecular weight is 299 g/mol. The summed E-state index contributed by atoms with van der Waals surface area (Å²) < 4.78 is 13.2. The van der Waals surface area contributed by atoms with Crippen molar-refractivity contribution in [1.82, 2.24) is 18.7 Å². The van der Waals surface area contributed by atoms with E-state index in [-0.39, 0.29) is 0 Å². The number of hydrogen-bond donors (Lipinski definition) is 1. The van der Waals surface area contributed by atoms with Crippen LogP contribution in [0.15, 0.2) is 28.4 Å². The van der Waals surface area contributed by atoms with E-state index in [1.807, 2.05) is 18.2 Å². The van der Waals surface area contributed by atoms with Gasteiger partial charge in [0.05, 0.1) is 29.9 Å². The Morgan fingerprint density at radius 1 is 1.39 bits per heavy atom. The number of halogens is 1. The van der Waals surface area contributed by atoms with E-state index in [0.717, 1.165) is 33.7 Å². The van der Waals surface area contributed by atoms with Gasteiger partial charge in [0.1, 0.15) is 5.75 Å². The topological polar surface area (TPSA) is 63.7 Å². The molecule has 0 spiro atoms. The standard InChI is InChI=1S/C10H7ClN4OS2/c1-16-5-2-3-6-7(4-5)13-10(12-6)17-9-8(11)14-18-15-9/h2-4H,1H3,(H,12,13). The van der Waals surface area contributed by atoms with Crippen molar-refractivity contribution in [2.45, 2.75) is 10.2 Å². The van der Waals surface area contributed by atoms with Gasteiger partial charge in [-0.25, -0.2) is 4.98 Å². The fourth-order valence-electron chi connectivity index (χ4n) is 1.46. The third-order valence-corrected chi connectivity index (χ3v) is 4.27. The van der Waals surface area contributed by atoms with Crippen molar-refractivity contribution < 1.29 is 4.74 Å². The number of aromatic nitrogens is 4. The monoisotopic (exact) mass is 298 g/mol. The lowest BCUT2D eigenvalue weighted by Gasteiger charge is -1.96. The Bertz CT molecular complexity index is 696. The predicted molar refractivity (Wildman–Crippen MR) is 71.7 cm³/mol. The number of methoxy groups -OCH3 is 1. The number of nitrogens with zero attached hydrogens (tertiary/aromatic N) is 3. The number of rotatable bonds is 3. The van der Waals surface area contributed by atoms with Gasteiger partial charge < -0.3 is 9.72 Å². The molecular weight excluding hydrogens is 292 g/mol. The average Bonchev–Trinajstić information content (AvgIpc) is 2.95. The second kappa shape index (κ2) is 4.75. The quantitative estimate of drug-likeness (QED) is 0.804. The molecule has 0 radical (unpaired) electrons. The number of aromatic amines is 1. The summed E-state index contributed by atoms with van der Waals surface area (Å²) in [7, 11) is 1.63. The molecule has 0 aliphatic carbocycles.